The predicted octanol–water partition coefficient (Wildman–Crippen LogP) is 4.08. The Kier molecular flexibility index (Phi) is 6.01. The summed E-state index contributed by atoms with van der Waals surface area (Å²) in [6, 6.07) is 9.82. The molecule has 0 aliphatic rings. The number of pyridine rings is 1. The van der Waals surface area contributed by atoms with Crippen molar-refractivity contribution in [2.45, 2.75) is 32.5 Å². The van der Waals surface area contributed by atoms with Crippen LogP contribution in [0.15, 0.2) is 42.6 Å². The van der Waals surface area contributed by atoms with Crippen LogP contribution in [0.4, 0.5) is 13.2 Å². The summed E-state index contributed by atoms with van der Waals surface area (Å²) >= 11 is 0. The van der Waals surface area contributed by atoms with Gasteiger partial charge in [-0.05, 0) is 43.2 Å². The number of nitrogens with one attached hydrogen (secondary N) is 1. The highest BCUT2D eigenvalue weighted by atomic mass is 19.4. The SMILES string of the molecule is CCc1ccc(C(=O)N[C@H](C)c2ccc(OCC(F)(F)F)cn2)cc1. The number of hydrogen-bond acceptors (Lipinski definition) is 3. The molecule has 7 heteroatoms. The molecule has 0 bridgehead atoms. The van der Waals surface area contributed by atoms with Crippen molar-refractivity contribution in [2.24, 2.45) is 0 Å². The number of benzene rings is 1. The molecular weight excluding hydrogens is 333 g/mol. The Morgan fingerprint density at radius 1 is 1.20 bits per heavy atom. The third-order valence-electron chi connectivity index (χ3n) is 3.58. The van der Waals surface area contributed by atoms with Gasteiger partial charge in [0.25, 0.3) is 5.91 Å². The lowest BCUT2D eigenvalue weighted by atomic mass is 10.1. The van der Waals surface area contributed by atoms with Gasteiger partial charge in [-0.15, -0.1) is 0 Å². The molecule has 0 aliphatic carbocycles. The predicted molar refractivity (Wildman–Crippen MR) is 87.5 cm³/mol. The molecule has 0 fully saturated rings. The first-order chi connectivity index (χ1) is 11.8. The van der Waals surface area contributed by atoms with Crippen LogP contribution in [0.2, 0.25) is 0 Å². The number of hydrogen-bond donors (Lipinski definition) is 1. The fourth-order valence-electron chi connectivity index (χ4n) is 2.14. The second kappa shape index (κ2) is 8.00. The number of aryl methyl sites for hydroxylation is 1. The maximum atomic E-state index is 12.2. The Labute approximate surface area is 144 Å². The van der Waals surface area contributed by atoms with Crippen LogP contribution in [0.25, 0.3) is 0 Å². The van der Waals surface area contributed by atoms with Crippen molar-refractivity contribution in [3.63, 3.8) is 0 Å². The van der Waals surface area contributed by atoms with E-state index in [0.717, 1.165) is 12.0 Å². The molecule has 1 aromatic carbocycles. The maximum Gasteiger partial charge on any atom is 0.422 e. The summed E-state index contributed by atoms with van der Waals surface area (Å²) in [6.07, 6.45) is -2.29. The Morgan fingerprint density at radius 2 is 1.88 bits per heavy atom. The topological polar surface area (TPSA) is 51.2 Å². The molecular formula is C18H19F3N2O2. The van der Waals surface area contributed by atoms with Gasteiger partial charge in [-0.2, -0.15) is 13.2 Å². The molecule has 1 aromatic heterocycles. The second-order valence-corrected chi connectivity index (χ2v) is 5.57. The molecule has 2 rings (SSSR count). The molecule has 1 N–H and O–H groups in total. The van der Waals surface area contributed by atoms with Crippen molar-refractivity contribution < 1.29 is 22.7 Å². The van der Waals surface area contributed by atoms with E-state index >= 15 is 0 Å². The Balaban J connectivity index is 1.95. The van der Waals surface area contributed by atoms with E-state index in [1.807, 2.05) is 19.1 Å². The number of nitrogens with zero attached hydrogens (tertiary/aromatic N) is 1. The minimum absolute atomic E-state index is 0.0229. The maximum absolute atomic E-state index is 12.2. The van der Waals surface area contributed by atoms with E-state index in [1.165, 1.54) is 18.3 Å². The van der Waals surface area contributed by atoms with Gasteiger partial charge in [-0.3, -0.25) is 9.78 Å². The molecule has 0 saturated heterocycles. The molecule has 134 valence electrons. The molecule has 0 spiro atoms. The highest BCUT2D eigenvalue weighted by molar-refractivity contribution is 5.94. The van der Waals surface area contributed by atoms with E-state index in [9.17, 15) is 18.0 Å². The molecule has 0 saturated carbocycles. The van der Waals surface area contributed by atoms with Gasteiger partial charge in [0, 0.05) is 5.56 Å². The number of aromatic nitrogens is 1. The number of alkyl halides is 3. The highest BCUT2D eigenvalue weighted by Crippen LogP contribution is 2.19. The van der Waals surface area contributed by atoms with Crippen molar-refractivity contribution >= 4 is 5.91 Å². The van der Waals surface area contributed by atoms with Gasteiger partial charge in [-0.25, -0.2) is 0 Å². The van der Waals surface area contributed by atoms with Crippen LogP contribution in [0.5, 0.6) is 5.75 Å². The molecule has 4 nitrogen and oxygen atoms in total. The lowest BCUT2D eigenvalue weighted by molar-refractivity contribution is -0.153. The number of rotatable bonds is 6. The van der Waals surface area contributed by atoms with Gasteiger partial charge < -0.3 is 10.1 Å². The number of carbonyl (C=O) groups is 1. The average molecular weight is 352 g/mol. The number of amides is 1. The Morgan fingerprint density at radius 3 is 2.40 bits per heavy atom. The lowest BCUT2D eigenvalue weighted by Crippen LogP contribution is -2.27. The van der Waals surface area contributed by atoms with Crippen molar-refractivity contribution in [1.82, 2.24) is 10.3 Å². The zero-order valence-electron chi connectivity index (χ0n) is 13.9. The van der Waals surface area contributed by atoms with E-state index < -0.39 is 18.8 Å². The minimum atomic E-state index is -4.40. The van der Waals surface area contributed by atoms with E-state index in [0.29, 0.717) is 11.3 Å². The van der Waals surface area contributed by atoms with Crippen molar-refractivity contribution in [3.05, 3.63) is 59.4 Å². The highest BCUT2D eigenvalue weighted by Gasteiger charge is 2.28. The van der Waals surface area contributed by atoms with E-state index in [1.54, 1.807) is 19.1 Å². The smallest absolute Gasteiger partial charge is 0.422 e. The van der Waals surface area contributed by atoms with Gasteiger partial charge in [0.1, 0.15) is 5.75 Å². The fraction of sp³-hybridized carbons (Fsp3) is 0.333. The van der Waals surface area contributed by atoms with Crippen LogP contribution in [-0.4, -0.2) is 23.7 Å². The molecule has 1 atom stereocenters. The molecule has 0 unspecified atom stereocenters. The van der Waals surface area contributed by atoms with Crippen LogP contribution in [0, 0.1) is 0 Å². The third kappa shape index (κ3) is 5.77. The second-order valence-electron chi connectivity index (χ2n) is 5.57. The van der Waals surface area contributed by atoms with Crippen LogP contribution < -0.4 is 10.1 Å². The fourth-order valence-corrected chi connectivity index (χ4v) is 2.14. The summed E-state index contributed by atoms with van der Waals surface area (Å²) in [5.41, 5.74) is 2.20. The van der Waals surface area contributed by atoms with Crippen LogP contribution in [0.1, 0.15) is 41.5 Å². The number of ether oxygens (including phenoxy) is 1. The summed E-state index contributed by atoms with van der Waals surface area (Å²) in [6.45, 7) is 2.41. The Hall–Kier alpha value is -2.57. The zero-order chi connectivity index (χ0) is 18.4. The van der Waals surface area contributed by atoms with Gasteiger partial charge >= 0.3 is 6.18 Å². The molecule has 2 aromatic rings. The van der Waals surface area contributed by atoms with Crippen molar-refractivity contribution in [1.29, 1.82) is 0 Å². The first-order valence-corrected chi connectivity index (χ1v) is 7.84. The van der Waals surface area contributed by atoms with Crippen LogP contribution >= 0.6 is 0 Å². The monoisotopic (exact) mass is 352 g/mol. The first kappa shape index (κ1) is 18.8. The average Bonchev–Trinajstić information content (AvgIpc) is 2.59. The van der Waals surface area contributed by atoms with Gasteiger partial charge in [0.15, 0.2) is 6.61 Å². The van der Waals surface area contributed by atoms with E-state index in [4.69, 9.17) is 0 Å². The number of carbonyl (C=O) groups excluding carboxylic acids is 1. The number of halogens is 3. The molecule has 1 heterocycles. The third-order valence-corrected chi connectivity index (χ3v) is 3.58. The largest absolute Gasteiger partial charge is 0.483 e. The van der Waals surface area contributed by atoms with E-state index in [2.05, 4.69) is 15.0 Å². The van der Waals surface area contributed by atoms with Crippen LogP contribution in [0.3, 0.4) is 0 Å². The van der Waals surface area contributed by atoms with Gasteiger partial charge in [-0.1, -0.05) is 19.1 Å². The first-order valence-electron chi connectivity index (χ1n) is 7.84. The standard InChI is InChI=1S/C18H19F3N2O2/c1-3-13-4-6-14(7-5-13)17(24)23-12(2)16-9-8-15(10-22-16)25-11-18(19,20)21/h4-10,12H,3,11H2,1-2H3,(H,23,24)/t12-/m1/s1. The Bertz CT molecular complexity index is 698. The quantitative estimate of drug-likeness (QED) is 0.852. The summed E-state index contributed by atoms with van der Waals surface area (Å²) in [4.78, 5) is 16.3. The lowest BCUT2D eigenvalue weighted by Gasteiger charge is -2.14. The zero-order valence-corrected chi connectivity index (χ0v) is 13.9. The van der Waals surface area contributed by atoms with Gasteiger partial charge in [0.05, 0.1) is 17.9 Å². The molecule has 25 heavy (non-hydrogen) atoms. The van der Waals surface area contributed by atoms with Crippen molar-refractivity contribution in [3.8, 4) is 5.75 Å². The van der Waals surface area contributed by atoms with Gasteiger partial charge in [0.2, 0.25) is 0 Å². The van der Waals surface area contributed by atoms with Crippen molar-refractivity contribution in [2.75, 3.05) is 6.61 Å². The minimum Gasteiger partial charge on any atom is -0.483 e. The summed E-state index contributed by atoms with van der Waals surface area (Å²) in [5.74, 6) is -0.218. The van der Waals surface area contributed by atoms with Crippen LogP contribution in [-0.2, 0) is 6.42 Å². The summed E-state index contributed by atoms with van der Waals surface area (Å²) in [5, 5.41) is 2.80. The normalized spacial score (nSPS) is 12.5. The van der Waals surface area contributed by atoms with E-state index in [-0.39, 0.29) is 11.7 Å². The molecule has 0 radical (unpaired) electrons. The summed E-state index contributed by atoms with van der Waals surface area (Å²) in [7, 11) is 0. The summed E-state index contributed by atoms with van der Waals surface area (Å²) < 4.78 is 40.9. The molecule has 0 aliphatic heterocycles. The molecule has 1 amide bonds.